The Morgan fingerprint density at radius 3 is 2.44 bits per heavy atom. The van der Waals surface area contributed by atoms with Gasteiger partial charge in [0.15, 0.2) is 5.65 Å². The van der Waals surface area contributed by atoms with Crippen molar-refractivity contribution in [1.82, 2.24) is 24.4 Å². The Morgan fingerprint density at radius 2 is 1.82 bits per heavy atom. The van der Waals surface area contributed by atoms with Gasteiger partial charge in [0.1, 0.15) is 23.6 Å². The summed E-state index contributed by atoms with van der Waals surface area (Å²) < 4.78 is 48.7. The minimum atomic E-state index is -4.67. The van der Waals surface area contributed by atoms with Gasteiger partial charge in [0, 0.05) is 38.6 Å². The van der Waals surface area contributed by atoms with Crippen molar-refractivity contribution in [3.05, 3.63) is 42.0 Å². The number of halogens is 3. The van der Waals surface area contributed by atoms with Crippen molar-refractivity contribution in [3.63, 3.8) is 0 Å². The van der Waals surface area contributed by atoms with E-state index in [1.807, 2.05) is 6.07 Å². The maximum Gasteiger partial charge on any atom is 0.418 e. The summed E-state index contributed by atoms with van der Waals surface area (Å²) in [6.07, 6.45) is -1.67. The highest BCUT2D eigenvalue weighted by molar-refractivity contribution is 5.93. The summed E-state index contributed by atoms with van der Waals surface area (Å²) in [5.74, 6) is 0.260. The van der Waals surface area contributed by atoms with Crippen LogP contribution < -0.4 is 4.90 Å². The van der Waals surface area contributed by atoms with Crippen LogP contribution in [-0.4, -0.2) is 62.3 Å². The molecule has 1 aliphatic heterocycles. The molecule has 0 atom stereocenters. The number of anilines is 1. The maximum atomic E-state index is 14.0. The summed E-state index contributed by atoms with van der Waals surface area (Å²) in [5, 5.41) is 9.00. The fourth-order valence-corrected chi connectivity index (χ4v) is 3.72. The molecule has 0 radical (unpaired) electrons. The summed E-state index contributed by atoms with van der Waals surface area (Å²) in [6, 6.07) is 4.81. The molecule has 0 aromatic carbocycles. The SMILES string of the molecule is CC(C)(C)OC(=O)N1CCN(c2ncnc3c2c(C(F)(F)F)cn3-c2cc(C#N)ccn2)CC1. The second-order valence-corrected chi connectivity index (χ2v) is 8.78. The van der Waals surface area contributed by atoms with Gasteiger partial charge in [0.2, 0.25) is 0 Å². The molecular formula is C22H22F3N7O2. The van der Waals surface area contributed by atoms with Crippen LogP contribution in [0.5, 0.6) is 0 Å². The van der Waals surface area contributed by atoms with Crippen molar-refractivity contribution < 1.29 is 22.7 Å². The van der Waals surface area contributed by atoms with Crippen molar-refractivity contribution in [1.29, 1.82) is 5.26 Å². The van der Waals surface area contributed by atoms with Crippen molar-refractivity contribution in [3.8, 4) is 11.9 Å². The van der Waals surface area contributed by atoms with E-state index < -0.39 is 23.4 Å². The van der Waals surface area contributed by atoms with Gasteiger partial charge in [-0.3, -0.25) is 4.57 Å². The van der Waals surface area contributed by atoms with Crippen LogP contribution in [0.4, 0.5) is 23.8 Å². The number of carbonyl (C=O) groups excluding carboxylic acids is 1. The predicted octanol–water partition coefficient (Wildman–Crippen LogP) is 3.76. The number of fused-ring (bicyclic) bond motifs is 1. The van der Waals surface area contributed by atoms with E-state index in [9.17, 15) is 18.0 Å². The van der Waals surface area contributed by atoms with Crippen LogP contribution in [0.2, 0.25) is 0 Å². The Labute approximate surface area is 193 Å². The molecule has 12 heteroatoms. The monoisotopic (exact) mass is 473 g/mol. The number of nitrogens with zero attached hydrogens (tertiary/aromatic N) is 7. The number of hydrogen-bond donors (Lipinski definition) is 0. The molecule has 178 valence electrons. The first-order valence-electron chi connectivity index (χ1n) is 10.5. The molecular weight excluding hydrogens is 451 g/mol. The largest absolute Gasteiger partial charge is 0.444 e. The topological polar surface area (TPSA) is 100 Å². The molecule has 0 unspecified atom stereocenters. The second-order valence-electron chi connectivity index (χ2n) is 8.78. The quantitative estimate of drug-likeness (QED) is 0.559. The summed E-state index contributed by atoms with van der Waals surface area (Å²) in [4.78, 5) is 28.0. The Bertz CT molecular complexity index is 1270. The summed E-state index contributed by atoms with van der Waals surface area (Å²) >= 11 is 0. The standard InChI is InChI=1S/C22H22F3N7O2/c1-21(2,3)34-20(33)31-8-6-30(7-9-31)18-17-15(22(23,24)25)12-32(19(17)29-13-28-18)16-10-14(11-26)4-5-27-16/h4-5,10,12-13H,6-9H2,1-3H3. The zero-order chi connectivity index (χ0) is 24.7. The highest BCUT2D eigenvalue weighted by Crippen LogP contribution is 2.40. The minimum Gasteiger partial charge on any atom is -0.444 e. The number of aromatic nitrogens is 4. The molecule has 1 aliphatic rings. The third-order valence-corrected chi connectivity index (χ3v) is 5.22. The van der Waals surface area contributed by atoms with Crippen LogP contribution in [-0.2, 0) is 10.9 Å². The molecule has 3 aromatic heterocycles. The third-order valence-electron chi connectivity index (χ3n) is 5.22. The molecule has 3 aromatic rings. The molecule has 0 aliphatic carbocycles. The molecule has 4 rings (SSSR count). The van der Waals surface area contributed by atoms with E-state index in [1.54, 1.807) is 25.7 Å². The van der Waals surface area contributed by atoms with Crippen molar-refractivity contribution in [2.75, 3.05) is 31.1 Å². The van der Waals surface area contributed by atoms with Gasteiger partial charge in [-0.2, -0.15) is 18.4 Å². The summed E-state index contributed by atoms with van der Waals surface area (Å²) in [6.45, 7) is 6.39. The lowest BCUT2D eigenvalue weighted by Crippen LogP contribution is -2.50. The lowest BCUT2D eigenvalue weighted by molar-refractivity contribution is -0.136. The highest BCUT2D eigenvalue weighted by atomic mass is 19.4. The van der Waals surface area contributed by atoms with Crippen LogP contribution in [0.3, 0.4) is 0 Å². The smallest absolute Gasteiger partial charge is 0.418 e. The van der Waals surface area contributed by atoms with Gasteiger partial charge in [-0.25, -0.2) is 19.7 Å². The van der Waals surface area contributed by atoms with E-state index in [2.05, 4.69) is 15.0 Å². The van der Waals surface area contributed by atoms with E-state index in [0.717, 1.165) is 6.20 Å². The van der Waals surface area contributed by atoms with Gasteiger partial charge in [-0.15, -0.1) is 0 Å². The second kappa shape index (κ2) is 8.48. The van der Waals surface area contributed by atoms with Gasteiger partial charge < -0.3 is 14.5 Å². The van der Waals surface area contributed by atoms with Gasteiger partial charge in [0.25, 0.3) is 0 Å². The lowest BCUT2D eigenvalue weighted by atomic mass is 10.2. The van der Waals surface area contributed by atoms with Crippen LogP contribution >= 0.6 is 0 Å². The van der Waals surface area contributed by atoms with Crippen molar-refractivity contribution >= 4 is 22.9 Å². The Kier molecular flexibility index (Phi) is 5.80. The third kappa shape index (κ3) is 4.59. The number of pyridine rings is 1. The average molecular weight is 473 g/mol. The number of nitriles is 1. The minimum absolute atomic E-state index is 0.0227. The predicted molar refractivity (Wildman–Crippen MR) is 116 cm³/mol. The Hall–Kier alpha value is -3.88. The van der Waals surface area contributed by atoms with Gasteiger partial charge in [-0.05, 0) is 32.9 Å². The molecule has 0 N–H and O–H groups in total. The fraction of sp³-hybridized carbons (Fsp3) is 0.409. The van der Waals surface area contributed by atoms with E-state index in [1.165, 1.54) is 34.1 Å². The Balaban J connectivity index is 1.72. The van der Waals surface area contributed by atoms with E-state index in [-0.39, 0.29) is 54.4 Å². The zero-order valence-corrected chi connectivity index (χ0v) is 18.8. The summed E-state index contributed by atoms with van der Waals surface area (Å²) in [5.41, 5.74) is -1.27. The summed E-state index contributed by atoms with van der Waals surface area (Å²) in [7, 11) is 0. The van der Waals surface area contributed by atoms with Gasteiger partial charge in [-0.1, -0.05) is 0 Å². The van der Waals surface area contributed by atoms with E-state index >= 15 is 0 Å². The number of ether oxygens (including phenoxy) is 1. The number of carbonyl (C=O) groups is 1. The molecule has 1 fully saturated rings. The number of amides is 1. The average Bonchev–Trinajstić information content (AvgIpc) is 3.18. The van der Waals surface area contributed by atoms with Crippen LogP contribution in [0, 0.1) is 11.3 Å². The number of alkyl halides is 3. The first-order chi connectivity index (χ1) is 16.0. The van der Waals surface area contributed by atoms with Crippen LogP contribution in [0.25, 0.3) is 16.9 Å². The molecule has 1 amide bonds. The van der Waals surface area contributed by atoms with Crippen molar-refractivity contribution in [2.45, 2.75) is 32.5 Å². The first kappa shape index (κ1) is 23.3. The number of piperazine rings is 1. The van der Waals surface area contributed by atoms with E-state index in [4.69, 9.17) is 10.00 Å². The lowest BCUT2D eigenvalue weighted by Gasteiger charge is -2.36. The fourth-order valence-electron chi connectivity index (χ4n) is 3.72. The molecule has 9 nitrogen and oxygen atoms in total. The van der Waals surface area contributed by atoms with E-state index in [0.29, 0.717) is 0 Å². The van der Waals surface area contributed by atoms with Crippen LogP contribution in [0.1, 0.15) is 31.9 Å². The molecule has 0 spiro atoms. The molecule has 4 heterocycles. The zero-order valence-electron chi connectivity index (χ0n) is 18.8. The maximum absolute atomic E-state index is 14.0. The van der Waals surface area contributed by atoms with Gasteiger partial charge in [0.05, 0.1) is 22.6 Å². The first-order valence-corrected chi connectivity index (χ1v) is 10.5. The van der Waals surface area contributed by atoms with Crippen molar-refractivity contribution in [2.24, 2.45) is 0 Å². The number of rotatable bonds is 2. The normalized spacial score (nSPS) is 14.9. The van der Waals surface area contributed by atoms with Gasteiger partial charge >= 0.3 is 12.3 Å². The highest BCUT2D eigenvalue weighted by Gasteiger charge is 2.38. The molecule has 34 heavy (non-hydrogen) atoms. The number of hydrogen-bond acceptors (Lipinski definition) is 7. The molecule has 0 bridgehead atoms. The Morgan fingerprint density at radius 1 is 1.12 bits per heavy atom. The molecule has 1 saturated heterocycles. The molecule has 0 saturated carbocycles. The van der Waals surface area contributed by atoms with Crippen LogP contribution in [0.15, 0.2) is 30.9 Å².